The topological polar surface area (TPSA) is 64.6 Å². The molecular weight excluding hydrogens is 278 g/mol. The summed E-state index contributed by atoms with van der Waals surface area (Å²) < 4.78 is 10.2. The van der Waals surface area contributed by atoms with E-state index in [1.54, 1.807) is 34.6 Å². The lowest BCUT2D eigenvalue weighted by molar-refractivity contribution is -0.149. The molecule has 6 heteroatoms. The summed E-state index contributed by atoms with van der Waals surface area (Å²) in [6.07, 6.45) is 4.26. The third-order valence-corrected chi connectivity index (χ3v) is 2.74. The van der Waals surface area contributed by atoms with Gasteiger partial charge in [-0.25, -0.2) is 9.59 Å². The Morgan fingerprint density at radius 1 is 1.35 bits per heavy atom. The van der Waals surface area contributed by atoms with Gasteiger partial charge in [0.1, 0.15) is 11.6 Å². The van der Waals surface area contributed by atoms with Crippen molar-refractivity contribution >= 4 is 23.8 Å². The molecule has 1 N–H and O–H groups in total. The molecule has 114 valence electrons. The second kappa shape index (κ2) is 8.75. The number of hydrogen-bond acceptors (Lipinski definition) is 5. The van der Waals surface area contributed by atoms with Gasteiger partial charge in [-0.05, 0) is 34.6 Å². The summed E-state index contributed by atoms with van der Waals surface area (Å²) in [5, 5.41) is 2.51. The minimum atomic E-state index is -0.773. The van der Waals surface area contributed by atoms with E-state index < -0.39 is 23.7 Å². The van der Waals surface area contributed by atoms with E-state index >= 15 is 0 Å². The monoisotopic (exact) mass is 301 g/mol. The number of carbonyl (C=O) groups excluding carboxylic acids is 2. The van der Waals surface area contributed by atoms with Crippen molar-refractivity contribution in [2.45, 2.75) is 52.4 Å². The van der Waals surface area contributed by atoms with Gasteiger partial charge in [-0.15, -0.1) is 18.2 Å². The summed E-state index contributed by atoms with van der Waals surface area (Å²) in [6, 6.07) is -0.773. The summed E-state index contributed by atoms with van der Waals surface area (Å²) in [4.78, 5) is 23.6. The highest BCUT2D eigenvalue weighted by atomic mass is 32.2. The fourth-order valence-corrected chi connectivity index (χ4v) is 1.86. The summed E-state index contributed by atoms with van der Waals surface area (Å²) in [5.41, 5.74) is -0.622. The second-order valence-electron chi connectivity index (χ2n) is 5.40. The van der Waals surface area contributed by atoms with Gasteiger partial charge in [-0.2, -0.15) is 0 Å². The Morgan fingerprint density at radius 2 is 1.95 bits per heavy atom. The molecule has 0 heterocycles. The van der Waals surface area contributed by atoms with Crippen LogP contribution in [0.4, 0.5) is 4.79 Å². The van der Waals surface area contributed by atoms with Gasteiger partial charge >= 0.3 is 12.1 Å². The zero-order valence-corrected chi connectivity index (χ0v) is 13.5. The largest absolute Gasteiger partial charge is 0.461 e. The minimum absolute atomic E-state index is 0.247. The van der Waals surface area contributed by atoms with Crippen LogP contribution in [0.25, 0.3) is 0 Å². The molecule has 0 rings (SSSR count). The molecular formula is C14H23NO4S. The quantitative estimate of drug-likeness (QED) is 0.463. The number of terminal acetylenes is 1. The van der Waals surface area contributed by atoms with Crippen LogP contribution >= 0.6 is 11.8 Å². The summed E-state index contributed by atoms with van der Waals surface area (Å²) >= 11 is 1.37. The normalized spacial score (nSPS) is 12.4. The van der Waals surface area contributed by atoms with Crippen LogP contribution in [0, 0.1) is 12.3 Å². The maximum atomic E-state index is 11.9. The number of rotatable bonds is 6. The fraction of sp³-hybridized carbons (Fsp3) is 0.714. The van der Waals surface area contributed by atoms with Gasteiger partial charge in [-0.1, -0.05) is 5.92 Å². The van der Waals surface area contributed by atoms with Crippen LogP contribution in [0.2, 0.25) is 0 Å². The van der Waals surface area contributed by atoms with E-state index in [9.17, 15) is 9.59 Å². The first-order valence-corrected chi connectivity index (χ1v) is 7.52. The molecule has 0 radical (unpaired) electrons. The molecule has 1 atom stereocenters. The average Bonchev–Trinajstić information content (AvgIpc) is 2.24. The molecule has 1 unspecified atom stereocenters. The van der Waals surface area contributed by atoms with Crippen molar-refractivity contribution in [2.75, 3.05) is 11.5 Å². The lowest BCUT2D eigenvalue weighted by Gasteiger charge is -2.23. The highest BCUT2D eigenvalue weighted by molar-refractivity contribution is 7.99. The van der Waals surface area contributed by atoms with Crippen molar-refractivity contribution in [3.63, 3.8) is 0 Å². The zero-order chi connectivity index (χ0) is 15.8. The molecule has 0 saturated heterocycles. The molecule has 0 fully saturated rings. The highest BCUT2D eigenvalue weighted by Crippen LogP contribution is 2.09. The Kier molecular flexibility index (Phi) is 8.16. The van der Waals surface area contributed by atoms with Gasteiger partial charge in [0.25, 0.3) is 0 Å². The Morgan fingerprint density at radius 3 is 2.40 bits per heavy atom. The number of ether oxygens (including phenoxy) is 2. The van der Waals surface area contributed by atoms with Crippen molar-refractivity contribution < 1.29 is 19.1 Å². The van der Waals surface area contributed by atoms with E-state index in [4.69, 9.17) is 15.9 Å². The standard InChI is InChI=1S/C14H23NO4S/c1-7-8-20-9-11(12(16)18-10(2)3)15-13(17)19-14(4,5)6/h1,10-11H,8-9H2,2-6H3,(H,15,17). The van der Waals surface area contributed by atoms with Crippen LogP contribution in [-0.4, -0.2) is 41.3 Å². The number of amides is 1. The summed E-state index contributed by atoms with van der Waals surface area (Å²) in [7, 11) is 0. The van der Waals surface area contributed by atoms with Crippen LogP contribution < -0.4 is 5.32 Å². The molecule has 0 aliphatic heterocycles. The van der Waals surface area contributed by atoms with Gasteiger partial charge in [0.05, 0.1) is 11.9 Å². The van der Waals surface area contributed by atoms with Gasteiger partial charge in [0, 0.05) is 5.75 Å². The third-order valence-electron chi connectivity index (χ3n) is 1.80. The lowest BCUT2D eigenvalue weighted by Crippen LogP contribution is -2.46. The van der Waals surface area contributed by atoms with E-state index in [1.165, 1.54) is 11.8 Å². The molecule has 20 heavy (non-hydrogen) atoms. The van der Waals surface area contributed by atoms with Crippen LogP contribution in [0.1, 0.15) is 34.6 Å². The van der Waals surface area contributed by atoms with Crippen LogP contribution in [-0.2, 0) is 14.3 Å². The Hall–Kier alpha value is -1.35. The van der Waals surface area contributed by atoms with Crippen molar-refractivity contribution in [3.05, 3.63) is 0 Å². The summed E-state index contributed by atoms with van der Waals surface area (Å²) in [5.74, 6) is 2.77. The first-order valence-electron chi connectivity index (χ1n) is 6.37. The maximum Gasteiger partial charge on any atom is 0.408 e. The van der Waals surface area contributed by atoms with Crippen LogP contribution in [0.3, 0.4) is 0 Å². The molecule has 0 spiro atoms. The number of alkyl carbamates (subject to hydrolysis) is 1. The number of nitrogens with one attached hydrogen (secondary N) is 1. The Labute approximate surface area is 125 Å². The van der Waals surface area contributed by atoms with E-state index in [2.05, 4.69) is 11.2 Å². The first kappa shape index (κ1) is 18.7. The predicted molar refractivity (Wildman–Crippen MR) is 80.5 cm³/mol. The van der Waals surface area contributed by atoms with Gasteiger partial charge in [-0.3, -0.25) is 0 Å². The van der Waals surface area contributed by atoms with E-state index in [0.29, 0.717) is 11.5 Å². The highest BCUT2D eigenvalue weighted by Gasteiger charge is 2.25. The van der Waals surface area contributed by atoms with E-state index in [0.717, 1.165) is 0 Å². The second-order valence-corrected chi connectivity index (χ2v) is 6.43. The fourth-order valence-electron chi connectivity index (χ4n) is 1.17. The average molecular weight is 301 g/mol. The molecule has 0 bridgehead atoms. The molecule has 5 nitrogen and oxygen atoms in total. The van der Waals surface area contributed by atoms with Crippen LogP contribution in [0.5, 0.6) is 0 Å². The minimum Gasteiger partial charge on any atom is -0.461 e. The van der Waals surface area contributed by atoms with Crippen molar-refractivity contribution in [3.8, 4) is 12.3 Å². The summed E-state index contributed by atoms with van der Waals surface area (Å²) in [6.45, 7) is 8.75. The van der Waals surface area contributed by atoms with Crippen LogP contribution in [0.15, 0.2) is 0 Å². The molecule has 0 aliphatic rings. The SMILES string of the molecule is C#CCSCC(NC(=O)OC(C)(C)C)C(=O)OC(C)C. The van der Waals surface area contributed by atoms with Crippen molar-refractivity contribution in [2.24, 2.45) is 0 Å². The Balaban J connectivity index is 4.56. The molecule has 0 aromatic heterocycles. The molecule has 0 aliphatic carbocycles. The molecule has 0 saturated carbocycles. The lowest BCUT2D eigenvalue weighted by atomic mass is 10.2. The molecule has 0 aromatic carbocycles. The number of esters is 1. The van der Waals surface area contributed by atoms with Crippen molar-refractivity contribution in [1.29, 1.82) is 0 Å². The van der Waals surface area contributed by atoms with Gasteiger partial charge in [0.15, 0.2) is 0 Å². The molecule has 0 aromatic rings. The van der Waals surface area contributed by atoms with E-state index in [-0.39, 0.29) is 6.10 Å². The maximum absolute atomic E-state index is 11.9. The number of thioether (sulfide) groups is 1. The number of carbonyl (C=O) groups is 2. The van der Waals surface area contributed by atoms with Crippen molar-refractivity contribution in [1.82, 2.24) is 5.32 Å². The van der Waals surface area contributed by atoms with Gasteiger partial charge in [0.2, 0.25) is 0 Å². The zero-order valence-electron chi connectivity index (χ0n) is 12.7. The number of hydrogen-bond donors (Lipinski definition) is 1. The van der Waals surface area contributed by atoms with E-state index in [1.807, 2.05) is 0 Å². The predicted octanol–water partition coefficient (Wildman–Crippen LogP) is 2.20. The van der Waals surface area contributed by atoms with Gasteiger partial charge < -0.3 is 14.8 Å². The molecule has 1 amide bonds. The third kappa shape index (κ3) is 9.56. The Bertz CT molecular complexity index is 368. The first-order chi connectivity index (χ1) is 9.15. The smallest absolute Gasteiger partial charge is 0.408 e.